The number of hydrogen-bond donors (Lipinski definition) is 2. The summed E-state index contributed by atoms with van der Waals surface area (Å²) in [5, 5.41) is 5.26. The zero-order chi connectivity index (χ0) is 10.7. The Hall–Kier alpha value is -0.770. The Bertz CT molecular complexity index is 311. The van der Waals surface area contributed by atoms with Gasteiger partial charge in [0.15, 0.2) is 5.13 Å². The van der Waals surface area contributed by atoms with Gasteiger partial charge in [-0.3, -0.25) is 0 Å². The SMILES string of the molecule is CC1CCCC(Nc2ncc(N)s2)CC1. The summed E-state index contributed by atoms with van der Waals surface area (Å²) in [5.74, 6) is 0.887. The second-order valence-electron chi connectivity index (χ2n) is 4.52. The van der Waals surface area contributed by atoms with E-state index in [2.05, 4.69) is 17.2 Å². The number of nitrogens with two attached hydrogens (primary N) is 1. The molecule has 0 spiro atoms. The molecule has 84 valence electrons. The Morgan fingerprint density at radius 1 is 1.40 bits per heavy atom. The van der Waals surface area contributed by atoms with Crippen molar-refractivity contribution in [3.05, 3.63) is 6.20 Å². The molecule has 4 heteroatoms. The van der Waals surface area contributed by atoms with E-state index in [1.54, 1.807) is 17.5 Å². The van der Waals surface area contributed by atoms with Gasteiger partial charge in [-0.15, -0.1) is 0 Å². The number of nitrogen functional groups attached to an aromatic ring is 1. The van der Waals surface area contributed by atoms with Crippen molar-refractivity contribution in [1.82, 2.24) is 4.98 Å². The van der Waals surface area contributed by atoms with Crippen molar-refractivity contribution in [1.29, 1.82) is 0 Å². The molecule has 1 aromatic heterocycles. The molecular formula is C11H19N3S. The number of thiazole rings is 1. The van der Waals surface area contributed by atoms with Crippen LogP contribution in [0.25, 0.3) is 0 Å². The first-order valence-electron chi connectivity index (χ1n) is 5.72. The number of nitrogens with zero attached hydrogens (tertiary/aromatic N) is 1. The maximum Gasteiger partial charge on any atom is 0.184 e. The number of rotatable bonds is 2. The van der Waals surface area contributed by atoms with Crippen molar-refractivity contribution in [2.45, 2.75) is 45.1 Å². The molecule has 0 aliphatic heterocycles. The highest BCUT2D eigenvalue weighted by molar-refractivity contribution is 7.19. The van der Waals surface area contributed by atoms with Crippen LogP contribution in [-0.2, 0) is 0 Å². The van der Waals surface area contributed by atoms with Crippen LogP contribution >= 0.6 is 11.3 Å². The van der Waals surface area contributed by atoms with Crippen molar-refractivity contribution >= 4 is 21.5 Å². The minimum absolute atomic E-state index is 0.598. The predicted molar refractivity (Wildman–Crippen MR) is 66.2 cm³/mol. The lowest BCUT2D eigenvalue weighted by molar-refractivity contribution is 0.502. The molecule has 0 amide bonds. The summed E-state index contributed by atoms with van der Waals surface area (Å²) in [6.45, 7) is 2.35. The highest BCUT2D eigenvalue weighted by atomic mass is 32.1. The second-order valence-corrected chi connectivity index (χ2v) is 5.58. The molecule has 0 aromatic carbocycles. The normalized spacial score (nSPS) is 27.3. The zero-order valence-corrected chi connectivity index (χ0v) is 10.0. The predicted octanol–water partition coefficient (Wildman–Crippen LogP) is 3.11. The molecule has 1 aliphatic carbocycles. The van der Waals surface area contributed by atoms with E-state index in [1.165, 1.54) is 32.1 Å². The molecule has 0 saturated heterocycles. The van der Waals surface area contributed by atoms with Gasteiger partial charge in [-0.25, -0.2) is 4.98 Å². The number of aromatic nitrogens is 1. The van der Waals surface area contributed by atoms with E-state index in [1.807, 2.05) is 0 Å². The summed E-state index contributed by atoms with van der Waals surface area (Å²) in [7, 11) is 0. The smallest absolute Gasteiger partial charge is 0.184 e. The van der Waals surface area contributed by atoms with Crippen LogP contribution < -0.4 is 11.1 Å². The fourth-order valence-electron chi connectivity index (χ4n) is 2.16. The van der Waals surface area contributed by atoms with Gasteiger partial charge >= 0.3 is 0 Å². The minimum Gasteiger partial charge on any atom is -0.389 e. The van der Waals surface area contributed by atoms with Crippen molar-refractivity contribution in [2.75, 3.05) is 11.1 Å². The van der Waals surface area contributed by atoms with E-state index in [0.29, 0.717) is 6.04 Å². The summed E-state index contributed by atoms with van der Waals surface area (Å²) in [6, 6.07) is 0.598. The third-order valence-corrected chi connectivity index (χ3v) is 3.87. The molecule has 1 fully saturated rings. The van der Waals surface area contributed by atoms with Crippen LogP contribution in [0.5, 0.6) is 0 Å². The Morgan fingerprint density at radius 3 is 3.00 bits per heavy atom. The topological polar surface area (TPSA) is 50.9 Å². The fourth-order valence-corrected chi connectivity index (χ4v) is 2.82. The van der Waals surface area contributed by atoms with Crippen LogP contribution in [0.3, 0.4) is 0 Å². The summed E-state index contributed by atoms with van der Waals surface area (Å²) < 4.78 is 0. The summed E-state index contributed by atoms with van der Waals surface area (Å²) in [4.78, 5) is 4.24. The zero-order valence-electron chi connectivity index (χ0n) is 9.20. The Morgan fingerprint density at radius 2 is 2.27 bits per heavy atom. The molecule has 1 heterocycles. The highest BCUT2D eigenvalue weighted by Crippen LogP contribution is 2.27. The molecule has 3 nitrogen and oxygen atoms in total. The monoisotopic (exact) mass is 225 g/mol. The lowest BCUT2D eigenvalue weighted by Crippen LogP contribution is -2.18. The van der Waals surface area contributed by atoms with Gasteiger partial charge in [-0.1, -0.05) is 31.1 Å². The third kappa shape index (κ3) is 3.09. The van der Waals surface area contributed by atoms with Gasteiger partial charge in [0.05, 0.1) is 6.20 Å². The highest BCUT2D eigenvalue weighted by Gasteiger charge is 2.16. The summed E-state index contributed by atoms with van der Waals surface area (Å²) in [6.07, 6.45) is 8.30. The first-order valence-corrected chi connectivity index (χ1v) is 6.53. The minimum atomic E-state index is 0.598. The van der Waals surface area contributed by atoms with Crippen LogP contribution in [0.2, 0.25) is 0 Å². The average molecular weight is 225 g/mol. The number of nitrogens with one attached hydrogen (secondary N) is 1. The number of anilines is 2. The van der Waals surface area contributed by atoms with Crippen LogP contribution in [-0.4, -0.2) is 11.0 Å². The van der Waals surface area contributed by atoms with E-state index in [-0.39, 0.29) is 0 Å². The largest absolute Gasteiger partial charge is 0.389 e. The maximum atomic E-state index is 5.65. The van der Waals surface area contributed by atoms with Crippen LogP contribution in [0.15, 0.2) is 6.20 Å². The van der Waals surface area contributed by atoms with Crippen LogP contribution in [0.4, 0.5) is 10.1 Å². The van der Waals surface area contributed by atoms with Crippen molar-refractivity contribution < 1.29 is 0 Å². The molecule has 1 aromatic rings. The van der Waals surface area contributed by atoms with Crippen molar-refractivity contribution in [3.8, 4) is 0 Å². The lowest BCUT2D eigenvalue weighted by atomic mass is 10.0. The van der Waals surface area contributed by atoms with Gasteiger partial charge in [0.1, 0.15) is 5.00 Å². The van der Waals surface area contributed by atoms with Crippen LogP contribution in [0.1, 0.15) is 39.0 Å². The molecule has 2 atom stereocenters. The van der Waals surface area contributed by atoms with Gasteiger partial charge in [0.25, 0.3) is 0 Å². The standard InChI is InChI=1S/C11H19N3S/c1-8-3-2-4-9(6-5-8)14-11-13-7-10(12)15-11/h7-9H,2-6,12H2,1H3,(H,13,14). The van der Waals surface area contributed by atoms with Gasteiger partial charge in [-0.05, 0) is 25.2 Å². The molecular weight excluding hydrogens is 206 g/mol. The maximum absolute atomic E-state index is 5.65. The van der Waals surface area contributed by atoms with E-state index >= 15 is 0 Å². The Kier molecular flexibility index (Phi) is 3.46. The molecule has 15 heavy (non-hydrogen) atoms. The summed E-state index contributed by atoms with van der Waals surface area (Å²) >= 11 is 1.54. The van der Waals surface area contributed by atoms with E-state index < -0.39 is 0 Å². The van der Waals surface area contributed by atoms with Gasteiger partial charge in [-0.2, -0.15) is 0 Å². The van der Waals surface area contributed by atoms with Gasteiger partial charge in [0.2, 0.25) is 0 Å². The van der Waals surface area contributed by atoms with E-state index in [4.69, 9.17) is 5.73 Å². The molecule has 1 saturated carbocycles. The van der Waals surface area contributed by atoms with E-state index in [9.17, 15) is 0 Å². The third-order valence-electron chi connectivity index (χ3n) is 3.11. The number of hydrogen-bond acceptors (Lipinski definition) is 4. The molecule has 0 bridgehead atoms. The fraction of sp³-hybridized carbons (Fsp3) is 0.727. The first kappa shape index (κ1) is 10.7. The van der Waals surface area contributed by atoms with Gasteiger partial charge < -0.3 is 11.1 Å². The van der Waals surface area contributed by atoms with Crippen molar-refractivity contribution in [3.63, 3.8) is 0 Å². The van der Waals surface area contributed by atoms with Crippen molar-refractivity contribution in [2.24, 2.45) is 5.92 Å². The Balaban J connectivity index is 1.88. The molecule has 3 N–H and O–H groups in total. The average Bonchev–Trinajstić information content (AvgIpc) is 2.48. The quantitative estimate of drug-likeness (QED) is 0.760. The first-order chi connectivity index (χ1) is 7.24. The van der Waals surface area contributed by atoms with Crippen LogP contribution in [0, 0.1) is 5.92 Å². The van der Waals surface area contributed by atoms with E-state index in [0.717, 1.165) is 16.1 Å². The molecule has 0 radical (unpaired) electrons. The molecule has 1 aliphatic rings. The summed E-state index contributed by atoms with van der Waals surface area (Å²) in [5.41, 5.74) is 5.65. The van der Waals surface area contributed by atoms with Gasteiger partial charge in [0, 0.05) is 6.04 Å². The molecule has 2 rings (SSSR count). The Labute approximate surface area is 95.1 Å². The lowest BCUT2D eigenvalue weighted by Gasteiger charge is -2.15. The second kappa shape index (κ2) is 4.84. The molecule has 2 unspecified atom stereocenters.